The number of aromatic nitrogens is 3. The van der Waals surface area contributed by atoms with Crippen LogP contribution in [-0.4, -0.2) is 34.5 Å². The van der Waals surface area contributed by atoms with Gasteiger partial charge < -0.3 is 5.73 Å². The van der Waals surface area contributed by atoms with Crippen LogP contribution < -0.4 is 10.5 Å². The first-order valence-corrected chi connectivity index (χ1v) is 11.8. The first-order chi connectivity index (χ1) is 14.2. The fourth-order valence-corrected chi connectivity index (χ4v) is 5.68. The molecule has 0 unspecified atom stereocenters. The summed E-state index contributed by atoms with van der Waals surface area (Å²) in [7, 11) is -3.39. The summed E-state index contributed by atoms with van der Waals surface area (Å²) < 4.78 is 27.1. The number of hydrogen-bond acceptors (Lipinski definition) is 7. The highest BCUT2D eigenvalue weighted by atomic mass is 32.2. The van der Waals surface area contributed by atoms with Gasteiger partial charge in [-0.25, -0.2) is 13.4 Å². The zero-order chi connectivity index (χ0) is 21.5. The number of benzene rings is 1. The van der Waals surface area contributed by atoms with E-state index in [0.717, 1.165) is 11.1 Å². The highest BCUT2D eigenvalue weighted by Gasteiger charge is 2.37. The van der Waals surface area contributed by atoms with Crippen molar-refractivity contribution < 1.29 is 13.2 Å². The van der Waals surface area contributed by atoms with Gasteiger partial charge in [0.1, 0.15) is 0 Å². The summed E-state index contributed by atoms with van der Waals surface area (Å²) in [5.74, 6) is -0.533. The van der Waals surface area contributed by atoms with Crippen LogP contribution in [0.4, 0.5) is 5.13 Å². The van der Waals surface area contributed by atoms with E-state index in [4.69, 9.17) is 5.73 Å². The van der Waals surface area contributed by atoms with Crippen molar-refractivity contribution in [1.29, 1.82) is 0 Å². The lowest BCUT2D eigenvalue weighted by Gasteiger charge is -2.26. The molecule has 30 heavy (non-hydrogen) atoms. The SMILES string of the molecule is CC(C)(c1csc(NS(=O)(=O)C2CC2)n1)c1cc(C(N)=O)ccc1-c1cnccn1. The zero-order valence-corrected chi connectivity index (χ0v) is 18.1. The van der Waals surface area contributed by atoms with E-state index in [9.17, 15) is 13.2 Å². The number of nitrogens with zero attached hydrogens (tertiary/aromatic N) is 3. The van der Waals surface area contributed by atoms with E-state index < -0.39 is 21.3 Å². The summed E-state index contributed by atoms with van der Waals surface area (Å²) in [6.45, 7) is 3.92. The molecule has 156 valence electrons. The highest BCUT2D eigenvalue weighted by Crippen LogP contribution is 2.39. The number of anilines is 1. The number of sulfonamides is 1. The molecular weight excluding hydrogens is 422 g/mol. The highest BCUT2D eigenvalue weighted by molar-refractivity contribution is 7.93. The fraction of sp³-hybridized carbons (Fsp3) is 0.300. The van der Waals surface area contributed by atoms with Crippen molar-refractivity contribution in [3.63, 3.8) is 0 Å². The summed E-state index contributed by atoms with van der Waals surface area (Å²) >= 11 is 1.23. The van der Waals surface area contributed by atoms with Crippen LogP contribution >= 0.6 is 11.3 Å². The topological polar surface area (TPSA) is 128 Å². The first-order valence-electron chi connectivity index (χ1n) is 9.37. The number of amides is 1. The van der Waals surface area contributed by atoms with E-state index in [1.54, 1.807) is 36.8 Å². The Balaban J connectivity index is 1.76. The van der Waals surface area contributed by atoms with Gasteiger partial charge in [0.25, 0.3) is 0 Å². The van der Waals surface area contributed by atoms with Crippen molar-refractivity contribution in [2.24, 2.45) is 5.73 Å². The smallest absolute Gasteiger partial charge is 0.248 e. The van der Waals surface area contributed by atoms with Crippen molar-refractivity contribution in [3.8, 4) is 11.3 Å². The Morgan fingerprint density at radius 1 is 1.27 bits per heavy atom. The van der Waals surface area contributed by atoms with E-state index in [2.05, 4.69) is 19.7 Å². The van der Waals surface area contributed by atoms with Gasteiger partial charge in [-0.15, -0.1) is 11.3 Å². The lowest BCUT2D eigenvalue weighted by atomic mass is 9.78. The summed E-state index contributed by atoms with van der Waals surface area (Å²) in [5.41, 5.74) is 8.14. The third-order valence-electron chi connectivity index (χ3n) is 5.15. The standard InChI is InChI=1S/C20H21N5O3S2/c1-20(2,17-11-29-19(24-17)25-30(27,28)13-4-5-13)15-9-12(18(21)26)3-6-14(15)16-10-22-7-8-23-16/h3,6-11,13H,4-5H2,1-2H3,(H2,21,26)(H,24,25). The third-order valence-corrected chi connectivity index (χ3v) is 7.87. The molecule has 2 heterocycles. The molecule has 10 heteroatoms. The molecular formula is C20H21N5O3S2. The van der Waals surface area contributed by atoms with Crippen LogP contribution in [0.1, 0.15) is 48.3 Å². The maximum absolute atomic E-state index is 12.2. The van der Waals surface area contributed by atoms with E-state index in [1.165, 1.54) is 11.3 Å². The van der Waals surface area contributed by atoms with Crippen LogP contribution in [0.3, 0.4) is 0 Å². The number of nitrogens with one attached hydrogen (secondary N) is 1. The first kappa shape index (κ1) is 20.4. The molecule has 0 atom stereocenters. The Labute approximate surface area is 178 Å². The molecule has 1 saturated carbocycles. The average Bonchev–Trinajstić information content (AvgIpc) is 3.49. The van der Waals surface area contributed by atoms with Crippen molar-refractivity contribution in [2.75, 3.05) is 4.72 Å². The number of nitrogens with two attached hydrogens (primary N) is 1. The predicted molar refractivity (Wildman–Crippen MR) is 116 cm³/mol. The van der Waals surface area contributed by atoms with E-state index in [1.807, 2.05) is 19.2 Å². The normalized spacial score (nSPS) is 14.5. The summed E-state index contributed by atoms with van der Waals surface area (Å²) in [5, 5.41) is 1.83. The molecule has 0 bridgehead atoms. The van der Waals surface area contributed by atoms with Crippen LogP contribution in [0.5, 0.6) is 0 Å². The van der Waals surface area contributed by atoms with Gasteiger partial charge in [-0.1, -0.05) is 19.9 Å². The average molecular weight is 444 g/mol. The largest absolute Gasteiger partial charge is 0.366 e. The molecule has 0 saturated heterocycles. The maximum atomic E-state index is 12.2. The van der Waals surface area contributed by atoms with E-state index in [-0.39, 0.29) is 5.25 Å². The Kier molecular flexibility index (Phi) is 5.07. The van der Waals surface area contributed by atoms with Gasteiger partial charge in [0.2, 0.25) is 15.9 Å². The lowest BCUT2D eigenvalue weighted by molar-refractivity contribution is 0.1000. The molecule has 0 aliphatic heterocycles. The number of carbonyl (C=O) groups excluding carboxylic acids is 1. The number of hydrogen-bond donors (Lipinski definition) is 2. The molecule has 0 radical (unpaired) electrons. The lowest BCUT2D eigenvalue weighted by Crippen LogP contribution is -2.23. The molecule has 1 amide bonds. The van der Waals surface area contributed by atoms with Gasteiger partial charge in [-0.05, 0) is 30.5 Å². The molecule has 3 aromatic rings. The van der Waals surface area contributed by atoms with Crippen molar-refractivity contribution >= 4 is 32.4 Å². The van der Waals surface area contributed by atoms with E-state index >= 15 is 0 Å². The van der Waals surface area contributed by atoms with Crippen LogP contribution in [0, 0.1) is 0 Å². The molecule has 1 aromatic carbocycles. The number of rotatable bonds is 7. The predicted octanol–water partition coefficient (Wildman–Crippen LogP) is 2.93. The van der Waals surface area contributed by atoms with Gasteiger partial charge >= 0.3 is 0 Å². The minimum absolute atomic E-state index is 0.326. The van der Waals surface area contributed by atoms with Crippen LogP contribution in [0.15, 0.2) is 42.2 Å². The van der Waals surface area contributed by atoms with E-state index in [0.29, 0.717) is 34.9 Å². The number of carbonyl (C=O) groups is 1. The molecule has 0 spiro atoms. The second-order valence-electron chi connectivity index (χ2n) is 7.72. The minimum atomic E-state index is -3.39. The monoisotopic (exact) mass is 443 g/mol. The molecule has 8 nitrogen and oxygen atoms in total. The molecule has 4 rings (SSSR count). The van der Waals surface area contributed by atoms with Crippen LogP contribution in [-0.2, 0) is 15.4 Å². The Hall–Kier alpha value is -2.85. The van der Waals surface area contributed by atoms with Crippen molar-refractivity contribution in [2.45, 2.75) is 37.4 Å². The number of thiazole rings is 1. The second kappa shape index (κ2) is 7.44. The zero-order valence-electron chi connectivity index (χ0n) is 16.5. The third kappa shape index (κ3) is 3.92. The van der Waals surface area contributed by atoms with Crippen molar-refractivity contribution in [1.82, 2.24) is 15.0 Å². The summed E-state index contributed by atoms with van der Waals surface area (Å²) in [6.07, 6.45) is 6.20. The Morgan fingerprint density at radius 2 is 2.03 bits per heavy atom. The Bertz CT molecular complexity index is 1200. The minimum Gasteiger partial charge on any atom is -0.366 e. The van der Waals surface area contributed by atoms with Gasteiger partial charge in [-0.3, -0.25) is 19.5 Å². The molecule has 2 aromatic heterocycles. The van der Waals surface area contributed by atoms with Crippen molar-refractivity contribution in [3.05, 3.63) is 59.0 Å². The van der Waals surface area contributed by atoms with Crippen LogP contribution in [0.2, 0.25) is 0 Å². The maximum Gasteiger partial charge on any atom is 0.248 e. The molecule has 1 fully saturated rings. The van der Waals surface area contributed by atoms with Gasteiger partial charge in [0.05, 0.1) is 22.8 Å². The second-order valence-corrected chi connectivity index (χ2v) is 10.5. The quantitative estimate of drug-likeness (QED) is 0.578. The Morgan fingerprint density at radius 3 is 2.67 bits per heavy atom. The fourth-order valence-electron chi connectivity index (χ4n) is 3.21. The molecule has 3 N–H and O–H groups in total. The van der Waals surface area contributed by atoms with Gasteiger partial charge in [0.15, 0.2) is 5.13 Å². The van der Waals surface area contributed by atoms with Gasteiger partial charge in [0, 0.05) is 34.3 Å². The molecule has 1 aliphatic carbocycles. The molecule has 1 aliphatic rings. The summed E-state index contributed by atoms with van der Waals surface area (Å²) in [4.78, 5) is 24.9. The van der Waals surface area contributed by atoms with Crippen LogP contribution in [0.25, 0.3) is 11.3 Å². The van der Waals surface area contributed by atoms with Gasteiger partial charge in [-0.2, -0.15) is 0 Å². The number of primary amides is 1. The summed E-state index contributed by atoms with van der Waals surface area (Å²) in [6, 6.07) is 5.19.